The maximum absolute atomic E-state index is 14.1. The zero-order valence-corrected chi connectivity index (χ0v) is 34.0. The fourth-order valence-electron chi connectivity index (χ4n) is 8.99. The number of methoxy groups -OCH3 is 3. The summed E-state index contributed by atoms with van der Waals surface area (Å²) in [6.45, 7) is 13.2. The third kappa shape index (κ3) is 9.90. The van der Waals surface area contributed by atoms with Crippen LogP contribution >= 0.6 is 0 Å². The predicted octanol–water partition coefficient (Wildman–Crippen LogP) is 5.66. The van der Waals surface area contributed by atoms with Crippen LogP contribution < -0.4 is 0 Å². The molecule has 0 aromatic rings. The molecule has 13 atom stereocenters. The van der Waals surface area contributed by atoms with Crippen molar-refractivity contribution >= 4 is 23.4 Å². The molecule has 2 bridgehead atoms. The highest BCUT2D eigenvalue weighted by atomic mass is 16.7. The molecule has 12 heteroatoms. The fourth-order valence-corrected chi connectivity index (χ4v) is 8.99. The summed E-state index contributed by atoms with van der Waals surface area (Å²) in [7, 11) is 4.77. The minimum absolute atomic E-state index is 0.0352. The standard InChI is InChI=1S/C42H65NO11/c1-23-16-24(2)18-35(51-9)38-36(52-10)20-28(6)42(49,54-38)39(46)40(47)43-15-11-12-31(43)41(48)53-37(29(7)33(45)22-32(44)26(4)17-23)27(5)19-30-14-13-25(3)34(21-30)50-8/h17,19,22,24-26,28-31,34-38,45,49H,11-16,18,20-21H2,1-10H3/b23-17+,27-19+,33-22-. The number of hydrogen-bond donors (Lipinski definition) is 2. The summed E-state index contributed by atoms with van der Waals surface area (Å²) in [5.41, 5.74) is 1.66. The highest BCUT2D eigenvalue weighted by Crippen LogP contribution is 2.39. The summed E-state index contributed by atoms with van der Waals surface area (Å²) in [5.74, 6) is -7.48. The first-order chi connectivity index (χ1) is 25.4. The number of amides is 1. The van der Waals surface area contributed by atoms with E-state index in [4.69, 9.17) is 23.7 Å². The number of esters is 1. The molecule has 4 aliphatic rings. The van der Waals surface area contributed by atoms with Crippen LogP contribution in [0.1, 0.15) is 99.8 Å². The van der Waals surface area contributed by atoms with Gasteiger partial charge in [-0.05, 0) is 88.5 Å². The molecule has 0 spiro atoms. The highest BCUT2D eigenvalue weighted by molar-refractivity contribution is 6.39. The molecule has 304 valence electrons. The molecule has 3 aliphatic heterocycles. The molecule has 12 nitrogen and oxygen atoms in total. The van der Waals surface area contributed by atoms with Gasteiger partial charge in [0.05, 0.1) is 24.2 Å². The van der Waals surface area contributed by atoms with E-state index < -0.39 is 71.7 Å². The van der Waals surface area contributed by atoms with Crippen molar-refractivity contribution in [1.29, 1.82) is 0 Å². The van der Waals surface area contributed by atoms with E-state index in [0.29, 0.717) is 30.8 Å². The zero-order chi connectivity index (χ0) is 40.1. The number of ketones is 2. The van der Waals surface area contributed by atoms with Crippen LogP contribution in [0.15, 0.2) is 35.1 Å². The van der Waals surface area contributed by atoms with Gasteiger partial charge in [0.25, 0.3) is 11.7 Å². The smallest absolute Gasteiger partial charge is 0.329 e. The summed E-state index contributed by atoms with van der Waals surface area (Å²) in [4.78, 5) is 56.8. The number of Topliss-reactive ketones (excluding diaryl/α,β-unsaturated/α-hetero) is 1. The van der Waals surface area contributed by atoms with Gasteiger partial charge in [-0.25, -0.2) is 4.79 Å². The number of carbonyl (C=O) groups excluding carboxylic acids is 4. The summed E-state index contributed by atoms with van der Waals surface area (Å²) in [5, 5.41) is 23.3. The van der Waals surface area contributed by atoms with Gasteiger partial charge in [0, 0.05) is 45.8 Å². The highest BCUT2D eigenvalue weighted by Gasteiger charge is 2.57. The summed E-state index contributed by atoms with van der Waals surface area (Å²) < 4.78 is 29.8. The Morgan fingerprint density at radius 2 is 1.57 bits per heavy atom. The maximum atomic E-state index is 14.1. The van der Waals surface area contributed by atoms with Crippen molar-refractivity contribution in [1.82, 2.24) is 4.90 Å². The number of allylic oxidation sites excluding steroid dienone is 4. The van der Waals surface area contributed by atoms with E-state index in [1.807, 2.05) is 26.8 Å². The van der Waals surface area contributed by atoms with Crippen LogP contribution in [0, 0.1) is 35.5 Å². The van der Waals surface area contributed by atoms with Crippen LogP contribution in [0.4, 0.5) is 0 Å². The van der Waals surface area contributed by atoms with Crippen LogP contribution in [-0.2, 0) is 42.9 Å². The van der Waals surface area contributed by atoms with Gasteiger partial charge >= 0.3 is 5.97 Å². The second kappa shape index (κ2) is 18.8. The lowest BCUT2D eigenvalue weighted by Gasteiger charge is -2.46. The quantitative estimate of drug-likeness (QED) is 0.203. The molecule has 2 saturated heterocycles. The number of fused-ring (bicyclic) bond motifs is 3. The lowest BCUT2D eigenvalue weighted by molar-refractivity contribution is -0.302. The minimum Gasteiger partial charge on any atom is -0.512 e. The van der Waals surface area contributed by atoms with Crippen molar-refractivity contribution in [3.05, 3.63) is 35.1 Å². The average molecular weight is 760 g/mol. The Bertz CT molecular complexity index is 1450. The topological polar surface area (TPSA) is 158 Å². The first-order valence-electron chi connectivity index (χ1n) is 19.8. The molecule has 1 saturated carbocycles. The Labute approximate surface area is 321 Å². The average Bonchev–Trinajstić information content (AvgIpc) is 3.63. The molecule has 54 heavy (non-hydrogen) atoms. The third-order valence-electron chi connectivity index (χ3n) is 12.4. The predicted molar refractivity (Wildman–Crippen MR) is 202 cm³/mol. The molecular weight excluding hydrogens is 694 g/mol. The van der Waals surface area contributed by atoms with Crippen molar-refractivity contribution in [2.75, 3.05) is 27.9 Å². The number of aliphatic hydroxyl groups excluding tert-OH is 1. The third-order valence-corrected chi connectivity index (χ3v) is 12.4. The number of aliphatic hydroxyl groups is 2. The molecule has 13 unspecified atom stereocenters. The monoisotopic (exact) mass is 759 g/mol. The molecule has 0 aromatic carbocycles. The van der Waals surface area contributed by atoms with Crippen LogP contribution in [0.25, 0.3) is 0 Å². The van der Waals surface area contributed by atoms with Crippen LogP contribution in [0.5, 0.6) is 0 Å². The van der Waals surface area contributed by atoms with E-state index in [0.717, 1.165) is 29.7 Å². The van der Waals surface area contributed by atoms with Crippen molar-refractivity contribution in [2.24, 2.45) is 35.5 Å². The van der Waals surface area contributed by atoms with Gasteiger partial charge in [0.15, 0.2) is 5.78 Å². The lowest BCUT2D eigenvalue weighted by Crippen LogP contribution is -2.63. The summed E-state index contributed by atoms with van der Waals surface area (Å²) in [6, 6.07) is -1.11. The Morgan fingerprint density at radius 1 is 0.926 bits per heavy atom. The van der Waals surface area contributed by atoms with Gasteiger partial charge < -0.3 is 38.8 Å². The summed E-state index contributed by atoms with van der Waals surface area (Å²) >= 11 is 0. The molecule has 0 aromatic heterocycles. The lowest BCUT2D eigenvalue weighted by atomic mass is 9.79. The largest absolute Gasteiger partial charge is 0.512 e. The Kier molecular flexibility index (Phi) is 15.3. The number of nitrogens with zero attached hydrogens (tertiary/aromatic N) is 1. The van der Waals surface area contributed by atoms with Crippen LogP contribution in [-0.4, -0.2) is 109 Å². The molecule has 1 aliphatic carbocycles. The number of rotatable bonds is 5. The van der Waals surface area contributed by atoms with Crippen molar-refractivity contribution < 1.29 is 53.1 Å². The van der Waals surface area contributed by atoms with Gasteiger partial charge in [-0.2, -0.15) is 0 Å². The second-order valence-corrected chi connectivity index (χ2v) is 16.6. The van der Waals surface area contributed by atoms with E-state index >= 15 is 0 Å². The Morgan fingerprint density at radius 3 is 2.22 bits per heavy atom. The van der Waals surface area contributed by atoms with Gasteiger partial charge in [-0.15, -0.1) is 0 Å². The first-order valence-corrected chi connectivity index (χ1v) is 19.8. The van der Waals surface area contributed by atoms with Gasteiger partial charge in [-0.1, -0.05) is 52.3 Å². The fraction of sp³-hybridized carbons (Fsp3) is 0.762. The first kappa shape index (κ1) is 43.8. The molecule has 4 rings (SSSR count). The van der Waals surface area contributed by atoms with Crippen molar-refractivity contribution in [2.45, 2.75) is 142 Å². The van der Waals surface area contributed by atoms with E-state index in [-0.39, 0.29) is 48.9 Å². The van der Waals surface area contributed by atoms with Crippen molar-refractivity contribution in [3.63, 3.8) is 0 Å². The van der Waals surface area contributed by atoms with Gasteiger partial charge in [0.2, 0.25) is 5.79 Å². The number of hydrogen-bond acceptors (Lipinski definition) is 11. The van der Waals surface area contributed by atoms with E-state index in [1.165, 1.54) is 20.3 Å². The van der Waals surface area contributed by atoms with Crippen LogP contribution in [0.3, 0.4) is 0 Å². The minimum atomic E-state index is -2.48. The molecule has 0 radical (unpaired) electrons. The van der Waals surface area contributed by atoms with Gasteiger partial charge in [-0.3, -0.25) is 14.4 Å². The van der Waals surface area contributed by atoms with E-state index in [2.05, 4.69) is 13.0 Å². The number of carbonyl (C=O) groups is 4. The van der Waals surface area contributed by atoms with Crippen LogP contribution in [0.2, 0.25) is 0 Å². The summed E-state index contributed by atoms with van der Waals surface area (Å²) in [6.07, 6.45) is 6.94. The Hall–Kier alpha value is -2.90. The molecular formula is C42H65NO11. The second-order valence-electron chi connectivity index (χ2n) is 16.6. The molecule has 1 amide bonds. The maximum Gasteiger partial charge on any atom is 0.329 e. The van der Waals surface area contributed by atoms with E-state index in [9.17, 15) is 29.4 Å². The molecule has 3 fully saturated rings. The number of ether oxygens (including phenoxy) is 5. The number of cyclic esters (lactones) is 1. The van der Waals surface area contributed by atoms with Gasteiger partial charge in [0.1, 0.15) is 24.0 Å². The normalized spacial score (nSPS) is 41.9. The Balaban J connectivity index is 1.75. The molecule has 2 N–H and O–H groups in total. The zero-order valence-electron chi connectivity index (χ0n) is 34.0. The molecule has 3 heterocycles. The SMILES string of the molecule is COC1CC(/C=C(\C)C2OC(=O)C3CCCN3C(=O)C(=O)C3(O)OC(C(OC)CC(C)C/C(C)=C/C(C)C(=O)/C=C(\O)C2C)C(OC)CC3C)CCC1C. The van der Waals surface area contributed by atoms with E-state index in [1.54, 1.807) is 27.9 Å². The van der Waals surface area contributed by atoms with Crippen molar-refractivity contribution in [3.8, 4) is 0 Å².